The van der Waals surface area contributed by atoms with Crippen LogP contribution in [-0.2, 0) is 4.79 Å². The van der Waals surface area contributed by atoms with E-state index in [9.17, 15) is 9.59 Å². The van der Waals surface area contributed by atoms with E-state index in [1.807, 2.05) is 20.4 Å². The van der Waals surface area contributed by atoms with Gasteiger partial charge in [0.1, 0.15) is 0 Å². The van der Waals surface area contributed by atoms with Crippen LogP contribution in [0, 0.1) is 5.92 Å². The number of benzene rings is 1. The van der Waals surface area contributed by atoms with Crippen LogP contribution in [0.1, 0.15) is 23.2 Å². The first kappa shape index (κ1) is 15.9. The summed E-state index contributed by atoms with van der Waals surface area (Å²) in [7, 11) is 3.62. The molecule has 6 heteroatoms. The van der Waals surface area contributed by atoms with Crippen molar-refractivity contribution in [2.45, 2.75) is 17.7 Å². The molecule has 2 aliphatic rings. The van der Waals surface area contributed by atoms with E-state index in [1.54, 1.807) is 23.2 Å². The highest BCUT2D eigenvalue weighted by Crippen LogP contribution is 2.43. The van der Waals surface area contributed by atoms with Gasteiger partial charge in [-0.05, 0) is 31.2 Å². The van der Waals surface area contributed by atoms with Gasteiger partial charge in [0.2, 0.25) is 6.79 Å². The molecule has 1 aromatic rings. The number of carbonyl (C=O) groups is 2. The maximum Gasteiger partial charge on any atom is 0.231 e. The number of Topliss-reactive ketones (excluding diaryl/α,β-unsaturated/α-hetero) is 2. The molecule has 0 N–H and O–H groups in total. The molecule has 0 saturated heterocycles. The highest BCUT2D eigenvalue weighted by atomic mass is 32.2. The third-order valence-corrected chi connectivity index (χ3v) is 4.60. The van der Waals surface area contributed by atoms with Gasteiger partial charge in [-0.15, -0.1) is 11.8 Å². The Morgan fingerprint density at radius 1 is 1.26 bits per heavy atom. The van der Waals surface area contributed by atoms with Crippen LogP contribution >= 0.6 is 11.8 Å². The number of rotatable bonds is 6. The molecule has 1 heterocycles. The summed E-state index contributed by atoms with van der Waals surface area (Å²) in [6.45, 7) is 0.155. The van der Waals surface area contributed by atoms with Crippen molar-refractivity contribution < 1.29 is 19.1 Å². The van der Waals surface area contributed by atoms with Gasteiger partial charge in [0, 0.05) is 31.8 Å². The average molecular weight is 333 g/mol. The molecule has 0 atom stereocenters. The Kier molecular flexibility index (Phi) is 4.35. The van der Waals surface area contributed by atoms with Crippen LogP contribution in [-0.4, -0.2) is 43.6 Å². The fourth-order valence-corrected chi connectivity index (χ4v) is 3.26. The third kappa shape index (κ3) is 3.08. The zero-order valence-corrected chi connectivity index (χ0v) is 14.2. The summed E-state index contributed by atoms with van der Waals surface area (Å²) in [5.74, 6) is 0.910. The predicted octanol–water partition coefficient (Wildman–Crippen LogP) is 2.74. The first-order chi connectivity index (χ1) is 11.0. The van der Waals surface area contributed by atoms with E-state index in [1.165, 1.54) is 11.8 Å². The highest BCUT2D eigenvalue weighted by molar-refractivity contribution is 7.98. The van der Waals surface area contributed by atoms with Crippen LogP contribution in [0.25, 0.3) is 0 Å². The molecule has 23 heavy (non-hydrogen) atoms. The molecule has 5 nitrogen and oxygen atoms in total. The van der Waals surface area contributed by atoms with Gasteiger partial charge in [0.05, 0.1) is 10.5 Å². The zero-order chi connectivity index (χ0) is 16.6. The molecule has 0 aromatic heterocycles. The van der Waals surface area contributed by atoms with Crippen LogP contribution in [0.5, 0.6) is 11.5 Å². The largest absolute Gasteiger partial charge is 0.454 e. The first-order valence-electron chi connectivity index (χ1n) is 7.46. The minimum Gasteiger partial charge on any atom is -0.454 e. The predicted molar refractivity (Wildman–Crippen MR) is 88.2 cm³/mol. The van der Waals surface area contributed by atoms with Gasteiger partial charge in [-0.1, -0.05) is 0 Å². The van der Waals surface area contributed by atoms with Crippen molar-refractivity contribution in [2.75, 3.05) is 27.1 Å². The van der Waals surface area contributed by atoms with Crippen molar-refractivity contribution in [2.24, 2.45) is 5.92 Å². The maximum absolute atomic E-state index is 13.0. The van der Waals surface area contributed by atoms with E-state index in [0.29, 0.717) is 17.1 Å². The van der Waals surface area contributed by atoms with Crippen molar-refractivity contribution >= 4 is 23.3 Å². The lowest BCUT2D eigenvalue weighted by Crippen LogP contribution is -2.19. The molecule has 0 amide bonds. The summed E-state index contributed by atoms with van der Waals surface area (Å²) in [6, 6.07) is 3.44. The summed E-state index contributed by atoms with van der Waals surface area (Å²) >= 11 is 1.42. The quantitative estimate of drug-likeness (QED) is 0.262. The monoisotopic (exact) mass is 333 g/mol. The van der Waals surface area contributed by atoms with Crippen LogP contribution in [0.4, 0.5) is 0 Å². The normalized spacial score (nSPS) is 16.4. The number of hydrogen-bond donors (Lipinski definition) is 0. The second kappa shape index (κ2) is 6.28. The van der Waals surface area contributed by atoms with E-state index in [-0.39, 0.29) is 29.9 Å². The lowest BCUT2D eigenvalue weighted by atomic mass is 9.97. The number of ketones is 2. The molecule has 1 aliphatic heterocycles. The van der Waals surface area contributed by atoms with E-state index < -0.39 is 0 Å². The van der Waals surface area contributed by atoms with E-state index >= 15 is 0 Å². The second-order valence-corrected chi connectivity index (χ2v) is 6.67. The van der Waals surface area contributed by atoms with Crippen molar-refractivity contribution in [1.82, 2.24) is 4.90 Å². The Morgan fingerprint density at radius 3 is 2.61 bits per heavy atom. The van der Waals surface area contributed by atoms with Crippen LogP contribution in [0.15, 0.2) is 28.8 Å². The van der Waals surface area contributed by atoms with E-state index in [2.05, 4.69) is 0 Å². The molecule has 0 bridgehead atoms. The average Bonchev–Trinajstić information content (AvgIpc) is 3.27. The Morgan fingerprint density at radius 2 is 2.00 bits per heavy atom. The Balaban J connectivity index is 2.02. The molecule has 1 aromatic carbocycles. The minimum absolute atomic E-state index is 0.00288. The lowest BCUT2D eigenvalue weighted by molar-refractivity contribution is -0.116. The summed E-state index contributed by atoms with van der Waals surface area (Å²) in [5.41, 5.74) is 0.732. The fourth-order valence-electron chi connectivity index (χ4n) is 2.53. The highest BCUT2D eigenvalue weighted by Gasteiger charge is 2.36. The number of hydrogen-bond acceptors (Lipinski definition) is 6. The number of allylic oxidation sites excluding steroid dienone is 1. The van der Waals surface area contributed by atoms with Crippen molar-refractivity contribution in [3.63, 3.8) is 0 Å². The van der Waals surface area contributed by atoms with Crippen LogP contribution in [0.3, 0.4) is 0 Å². The number of nitrogens with zero attached hydrogens (tertiary/aromatic N) is 1. The second-order valence-electron chi connectivity index (χ2n) is 5.85. The molecule has 0 spiro atoms. The molecular weight excluding hydrogens is 314 g/mol. The molecule has 0 unspecified atom stereocenters. The summed E-state index contributed by atoms with van der Waals surface area (Å²) in [5, 5.41) is 0. The zero-order valence-electron chi connectivity index (χ0n) is 13.4. The first-order valence-corrected chi connectivity index (χ1v) is 8.69. The van der Waals surface area contributed by atoms with Crippen molar-refractivity contribution in [3.05, 3.63) is 29.5 Å². The number of thioether (sulfide) groups is 1. The number of fused-ring (bicyclic) bond motifs is 1. The van der Waals surface area contributed by atoms with E-state index in [0.717, 1.165) is 17.7 Å². The summed E-state index contributed by atoms with van der Waals surface area (Å²) in [6.07, 6.45) is 5.24. The van der Waals surface area contributed by atoms with Gasteiger partial charge in [-0.2, -0.15) is 0 Å². The standard InChI is InChI=1S/C17H19NO4S/c1-18(2)8-12(14(19)10-4-5-10)15(20)11-6-7-13-16(17(11)23-3)22-9-21-13/h6-8,10H,4-5,9H2,1-3H3. The van der Waals surface area contributed by atoms with Gasteiger partial charge in [-0.25, -0.2) is 0 Å². The van der Waals surface area contributed by atoms with Gasteiger partial charge < -0.3 is 14.4 Å². The SMILES string of the molecule is CSc1c(C(=O)C(=CN(C)C)C(=O)C2CC2)ccc2c1OCO2. The molecule has 1 fully saturated rings. The number of carbonyl (C=O) groups excluding carboxylic acids is 2. The molecule has 1 saturated carbocycles. The Labute approximate surface area is 139 Å². The Bertz CT molecular complexity index is 692. The molecule has 122 valence electrons. The van der Waals surface area contributed by atoms with Crippen LogP contribution in [0.2, 0.25) is 0 Å². The third-order valence-electron chi connectivity index (χ3n) is 3.79. The summed E-state index contributed by atoms with van der Waals surface area (Å²) < 4.78 is 10.8. The molecule has 1 aliphatic carbocycles. The van der Waals surface area contributed by atoms with Gasteiger partial charge in [-0.3, -0.25) is 9.59 Å². The van der Waals surface area contributed by atoms with Gasteiger partial charge in [0.15, 0.2) is 23.1 Å². The summed E-state index contributed by atoms with van der Waals surface area (Å²) in [4.78, 5) is 28.0. The number of ether oxygens (including phenoxy) is 2. The smallest absolute Gasteiger partial charge is 0.231 e. The maximum atomic E-state index is 13.0. The minimum atomic E-state index is -0.252. The molecule has 0 radical (unpaired) electrons. The molecule has 3 rings (SSSR count). The van der Waals surface area contributed by atoms with Crippen molar-refractivity contribution in [3.8, 4) is 11.5 Å². The van der Waals surface area contributed by atoms with Crippen LogP contribution < -0.4 is 9.47 Å². The van der Waals surface area contributed by atoms with Gasteiger partial charge in [0.25, 0.3) is 0 Å². The molecular formula is C17H19NO4S. The lowest BCUT2D eigenvalue weighted by Gasteiger charge is -2.13. The van der Waals surface area contributed by atoms with E-state index in [4.69, 9.17) is 9.47 Å². The van der Waals surface area contributed by atoms with Crippen molar-refractivity contribution in [1.29, 1.82) is 0 Å². The Hall–Kier alpha value is -1.95. The van der Waals surface area contributed by atoms with Gasteiger partial charge >= 0.3 is 0 Å². The fraction of sp³-hybridized carbons (Fsp3) is 0.412. The topological polar surface area (TPSA) is 55.8 Å².